The van der Waals surface area contributed by atoms with Gasteiger partial charge in [-0.15, -0.1) is 0 Å². The van der Waals surface area contributed by atoms with Crippen LogP contribution in [0.15, 0.2) is 94.4 Å². The zero-order chi connectivity index (χ0) is 23.8. The molecule has 0 aliphatic carbocycles. The number of hydrogen-bond acceptors (Lipinski definition) is 4. The SMILES string of the molecule is Cc1ccc(CN2C(=O)C(O)=C(S(=O)(=O)c3ccccc3)[C@@H]2c2ccc(C(C)C)cc2)cc1. The molecule has 170 valence electrons. The largest absolute Gasteiger partial charge is 0.502 e. The predicted molar refractivity (Wildman–Crippen MR) is 128 cm³/mol. The highest BCUT2D eigenvalue weighted by Gasteiger charge is 2.46. The van der Waals surface area contributed by atoms with E-state index in [9.17, 15) is 18.3 Å². The van der Waals surface area contributed by atoms with Crippen molar-refractivity contribution >= 4 is 15.7 Å². The molecule has 0 radical (unpaired) electrons. The lowest BCUT2D eigenvalue weighted by Gasteiger charge is -2.27. The molecular formula is C27H27NO4S. The van der Waals surface area contributed by atoms with Gasteiger partial charge in [-0.2, -0.15) is 0 Å². The molecule has 0 bridgehead atoms. The van der Waals surface area contributed by atoms with Crippen LogP contribution in [0.2, 0.25) is 0 Å². The lowest BCUT2D eigenvalue weighted by molar-refractivity contribution is -0.130. The van der Waals surface area contributed by atoms with Gasteiger partial charge >= 0.3 is 0 Å². The van der Waals surface area contributed by atoms with Crippen molar-refractivity contribution in [3.8, 4) is 0 Å². The minimum atomic E-state index is -4.11. The fraction of sp³-hybridized carbons (Fsp3) is 0.222. The van der Waals surface area contributed by atoms with E-state index < -0.39 is 27.5 Å². The Hall–Kier alpha value is -3.38. The predicted octanol–water partition coefficient (Wildman–Crippen LogP) is 5.45. The molecule has 3 aromatic rings. The fourth-order valence-corrected chi connectivity index (χ4v) is 5.75. The number of carbonyl (C=O) groups excluding carboxylic acids is 1. The summed E-state index contributed by atoms with van der Waals surface area (Å²) in [4.78, 5) is 14.4. The molecule has 0 aromatic heterocycles. The number of sulfone groups is 1. The molecule has 1 aliphatic rings. The van der Waals surface area contributed by atoms with E-state index in [0.717, 1.165) is 16.7 Å². The van der Waals surface area contributed by atoms with Crippen molar-refractivity contribution in [3.63, 3.8) is 0 Å². The van der Waals surface area contributed by atoms with Crippen molar-refractivity contribution in [1.82, 2.24) is 4.90 Å². The Morgan fingerprint density at radius 3 is 2.09 bits per heavy atom. The van der Waals surface area contributed by atoms with E-state index in [1.807, 2.05) is 55.5 Å². The number of aliphatic hydroxyl groups is 1. The van der Waals surface area contributed by atoms with Crippen LogP contribution in [0, 0.1) is 6.92 Å². The number of nitrogens with zero attached hydrogens (tertiary/aromatic N) is 1. The van der Waals surface area contributed by atoms with Gasteiger partial charge in [0, 0.05) is 6.54 Å². The third-order valence-electron chi connectivity index (χ3n) is 5.99. The molecule has 1 N–H and O–H groups in total. The number of aliphatic hydroxyl groups excluding tert-OH is 1. The third kappa shape index (κ3) is 4.31. The first-order chi connectivity index (χ1) is 15.7. The van der Waals surface area contributed by atoms with E-state index in [-0.39, 0.29) is 16.3 Å². The molecule has 5 nitrogen and oxygen atoms in total. The molecule has 6 heteroatoms. The summed E-state index contributed by atoms with van der Waals surface area (Å²) in [7, 11) is -4.11. The molecule has 33 heavy (non-hydrogen) atoms. The average Bonchev–Trinajstić information content (AvgIpc) is 3.06. The van der Waals surface area contributed by atoms with Crippen LogP contribution < -0.4 is 0 Å². The highest BCUT2D eigenvalue weighted by molar-refractivity contribution is 7.95. The zero-order valence-corrected chi connectivity index (χ0v) is 19.7. The number of carbonyl (C=O) groups is 1. The van der Waals surface area contributed by atoms with Gasteiger partial charge in [-0.3, -0.25) is 4.79 Å². The molecular weight excluding hydrogens is 434 g/mol. The monoisotopic (exact) mass is 461 g/mol. The lowest BCUT2D eigenvalue weighted by atomic mass is 9.98. The molecule has 1 heterocycles. The smallest absolute Gasteiger partial charge is 0.290 e. The molecule has 0 saturated carbocycles. The summed E-state index contributed by atoms with van der Waals surface area (Å²) in [6.45, 7) is 6.30. The van der Waals surface area contributed by atoms with Gasteiger partial charge in [0.1, 0.15) is 4.91 Å². The summed E-state index contributed by atoms with van der Waals surface area (Å²) in [6, 6.07) is 22.2. The molecule has 0 unspecified atom stereocenters. The Morgan fingerprint density at radius 1 is 0.909 bits per heavy atom. The summed E-state index contributed by atoms with van der Waals surface area (Å²) < 4.78 is 27.2. The second kappa shape index (κ2) is 8.87. The van der Waals surface area contributed by atoms with Gasteiger partial charge in [0.25, 0.3) is 5.91 Å². The highest BCUT2D eigenvalue weighted by atomic mass is 32.2. The second-order valence-electron chi connectivity index (χ2n) is 8.67. The van der Waals surface area contributed by atoms with Gasteiger partial charge in [-0.1, -0.05) is 86.1 Å². The molecule has 1 amide bonds. The minimum Gasteiger partial charge on any atom is -0.502 e. The number of benzene rings is 3. The van der Waals surface area contributed by atoms with Crippen LogP contribution in [-0.4, -0.2) is 24.3 Å². The van der Waals surface area contributed by atoms with Crippen molar-refractivity contribution in [1.29, 1.82) is 0 Å². The lowest BCUT2D eigenvalue weighted by Crippen LogP contribution is -2.30. The van der Waals surface area contributed by atoms with Crippen LogP contribution in [-0.2, 0) is 21.2 Å². The fourth-order valence-electron chi connectivity index (χ4n) is 4.08. The number of aryl methyl sites for hydroxylation is 1. The van der Waals surface area contributed by atoms with Gasteiger partial charge in [-0.05, 0) is 41.7 Å². The van der Waals surface area contributed by atoms with Crippen LogP contribution >= 0.6 is 0 Å². The van der Waals surface area contributed by atoms with Crippen LogP contribution in [0.5, 0.6) is 0 Å². The Morgan fingerprint density at radius 2 is 1.52 bits per heavy atom. The van der Waals surface area contributed by atoms with E-state index in [1.165, 1.54) is 17.0 Å². The summed E-state index contributed by atoms with van der Waals surface area (Å²) in [6.07, 6.45) is 0. The quantitative estimate of drug-likeness (QED) is 0.530. The van der Waals surface area contributed by atoms with Crippen molar-refractivity contribution in [2.75, 3.05) is 0 Å². The van der Waals surface area contributed by atoms with Crippen molar-refractivity contribution in [2.24, 2.45) is 0 Å². The maximum atomic E-state index is 13.6. The maximum absolute atomic E-state index is 13.6. The first-order valence-electron chi connectivity index (χ1n) is 10.9. The van der Waals surface area contributed by atoms with Crippen molar-refractivity contribution in [2.45, 2.75) is 44.2 Å². The molecule has 0 fully saturated rings. The molecule has 4 rings (SSSR count). The van der Waals surface area contributed by atoms with Crippen LogP contribution in [0.25, 0.3) is 0 Å². The third-order valence-corrected chi connectivity index (χ3v) is 7.88. The molecule has 0 saturated heterocycles. The summed E-state index contributed by atoms with van der Waals surface area (Å²) in [5.41, 5.74) is 3.68. The zero-order valence-electron chi connectivity index (χ0n) is 18.9. The standard InChI is InChI=1S/C27H27NO4S/c1-18(2)21-13-15-22(16-14-21)24-26(33(31,32)23-7-5-4-6-8-23)25(29)27(30)28(24)17-20-11-9-19(3)10-12-20/h4-16,18,24,29H,17H2,1-3H3/t24-/m0/s1. The van der Waals surface area contributed by atoms with Gasteiger partial charge < -0.3 is 10.0 Å². The summed E-state index contributed by atoms with van der Waals surface area (Å²) in [5, 5.41) is 10.8. The van der Waals surface area contributed by atoms with E-state index >= 15 is 0 Å². The molecule has 3 aromatic carbocycles. The summed E-state index contributed by atoms with van der Waals surface area (Å²) >= 11 is 0. The van der Waals surface area contributed by atoms with E-state index in [4.69, 9.17) is 0 Å². The number of amides is 1. The van der Waals surface area contributed by atoms with Crippen LogP contribution in [0.3, 0.4) is 0 Å². The van der Waals surface area contributed by atoms with Crippen molar-refractivity contribution in [3.05, 3.63) is 112 Å². The van der Waals surface area contributed by atoms with Crippen LogP contribution in [0.4, 0.5) is 0 Å². The minimum absolute atomic E-state index is 0.0420. The van der Waals surface area contributed by atoms with Gasteiger partial charge in [0.15, 0.2) is 5.76 Å². The van der Waals surface area contributed by atoms with E-state index in [0.29, 0.717) is 11.5 Å². The van der Waals surface area contributed by atoms with Gasteiger partial charge in [0.2, 0.25) is 9.84 Å². The first-order valence-corrected chi connectivity index (χ1v) is 12.4. The number of hydrogen-bond donors (Lipinski definition) is 1. The Kier molecular flexibility index (Phi) is 6.13. The van der Waals surface area contributed by atoms with E-state index in [1.54, 1.807) is 18.2 Å². The van der Waals surface area contributed by atoms with Gasteiger partial charge in [-0.25, -0.2) is 8.42 Å². The second-order valence-corrected chi connectivity index (χ2v) is 10.6. The maximum Gasteiger partial charge on any atom is 0.290 e. The first kappa shape index (κ1) is 22.8. The van der Waals surface area contributed by atoms with Crippen LogP contribution in [0.1, 0.15) is 48.1 Å². The normalized spacial score (nSPS) is 16.7. The Bertz CT molecular complexity index is 1290. The average molecular weight is 462 g/mol. The topological polar surface area (TPSA) is 74.7 Å². The molecule has 1 aliphatic heterocycles. The highest BCUT2D eigenvalue weighted by Crippen LogP contribution is 2.43. The van der Waals surface area contributed by atoms with Crippen molar-refractivity contribution < 1.29 is 18.3 Å². The van der Waals surface area contributed by atoms with E-state index in [2.05, 4.69) is 13.8 Å². The Labute approximate surface area is 194 Å². The number of rotatable bonds is 6. The molecule has 0 spiro atoms. The summed E-state index contributed by atoms with van der Waals surface area (Å²) in [5.74, 6) is -1.10. The Balaban J connectivity index is 1.84. The molecule has 1 atom stereocenters. The van der Waals surface area contributed by atoms with Gasteiger partial charge in [0.05, 0.1) is 10.9 Å².